The molecule has 0 saturated carbocycles. The topological polar surface area (TPSA) is 81.1 Å². The third kappa shape index (κ3) is 4.17. The number of ether oxygens (including phenoxy) is 1. The van der Waals surface area contributed by atoms with Gasteiger partial charge >= 0.3 is 0 Å². The minimum absolute atomic E-state index is 0.123. The minimum Gasteiger partial charge on any atom is -0.377 e. The fraction of sp³-hybridized carbons (Fsp3) is 0.500. The lowest BCUT2D eigenvalue weighted by molar-refractivity contribution is 0.0691. The summed E-state index contributed by atoms with van der Waals surface area (Å²) in [5.74, 6) is 1.04. The van der Waals surface area contributed by atoms with E-state index in [2.05, 4.69) is 19.9 Å². The van der Waals surface area contributed by atoms with E-state index in [9.17, 15) is 4.79 Å². The molecule has 1 aliphatic rings. The van der Waals surface area contributed by atoms with Gasteiger partial charge in [-0.25, -0.2) is 19.9 Å². The number of carbonyl (C=O) groups is 1. The van der Waals surface area contributed by atoms with Crippen LogP contribution in [0.1, 0.15) is 53.4 Å². The van der Waals surface area contributed by atoms with Crippen LogP contribution in [0.25, 0.3) is 0 Å². The number of likely N-dealkylation sites (tertiary alicyclic amines) is 1. The van der Waals surface area contributed by atoms with Crippen molar-refractivity contribution in [3.05, 3.63) is 47.6 Å². The van der Waals surface area contributed by atoms with E-state index in [0.29, 0.717) is 19.8 Å². The molecule has 0 aliphatic carbocycles. The van der Waals surface area contributed by atoms with E-state index in [1.807, 2.05) is 24.9 Å². The van der Waals surface area contributed by atoms with E-state index < -0.39 is 0 Å². The summed E-state index contributed by atoms with van der Waals surface area (Å²) in [6.07, 6.45) is 6.95. The van der Waals surface area contributed by atoms with Gasteiger partial charge in [0.05, 0.1) is 12.3 Å². The molecule has 0 aromatic carbocycles. The fourth-order valence-corrected chi connectivity index (χ4v) is 3.12. The van der Waals surface area contributed by atoms with Gasteiger partial charge in [-0.1, -0.05) is 0 Å². The van der Waals surface area contributed by atoms with E-state index in [1.54, 1.807) is 18.5 Å². The zero-order valence-corrected chi connectivity index (χ0v) is 14.7. The molecule has 0 radical (unpaired) electrons. The molecule has 0 spiro atoms. The van der Waals surface area contributed by atoms with Gasteiger partial charge in [0.25, 0.3) is 5.91 Å². The summed E-state index contributed by atoms with van der Waals surface area (Å²) in [6.45, 7) is 6.34. The van der Waals surface area contributed by atoms with Crippen molar-refractivity contribution in [1.82, 2.24) is 24.8 Å². The number of carbonyl (C=O) groups excluding carboxylic acids is 1. The Kier molecular flexibility index (Phi) is 5.65. The number of nitrogens with zero attached hydrogens (tertiary/aromatic N) is 5. The number of rotatable bonds is 5. The van der Waals surface area contributed by atoms with E-state index >= 15 is 0 Å². The summed E-state index contributed by atoms with van der Waals surface area (Å²) >= 11 is 0. The van der Waals surface area contributed by atoms with Crippen molar-refractivity contribution in [1.29, 1.82) is 0 Å². The molecule has 1 fully saturated rings. The molecular weight excluding hydrogens is 318 g/mol. The van der Waals surface area contributed by atoms with Gasteiger partial charge < -0.3 is 9.64 Å². The van der Waals surface area contributed by atoms with Crippen molar-refractivity contribution >= 4 is 5.91 Å². The van der Waals surface area contributed by atoms with Crippen molar-refractivity contribution in [2.75, 3.05) is 19.7 Å². The lowest BCUT2D eigenvalue weighted by atomic mass is 9.92. The highest BCUT2D eigenvalue weighted by molar-refractivity contribution is 5.90. The van der Waals surface area contributed by atoms with Crippen LogP contribution in [0.3, 0.4) is 0 Å². The van der Waals surface area contributed by atoms with E-state index in [1.165, 1.54) is 0 Å². The number of aryl methyl sites for hydroxylation is 1. The Hall–Kier alpha value is -2.41. The molecule has 1 atom stereocenters. The van der Waals surface area contributed by atoms with Crippen molar-refractivity contribution in [2.45, 2.75) is 39.2 Å². The van der Waals surface area contributed by atoms with Crippen LogP contribution in [0, 0.1) is 6.92 Å². The van der Waals surface area contributed by atoms with Crippen molar-refractivity contribution in [2.24, 2.45) is 0 Å². The molecule has 7 nitrogen and oxygen atoms in total. The molecule has 2 aromatic rings. The molecule has 0 bridgehead atoms. The largest absolute Gasteiger partial charge is 0.377 e. The number of aromatic nitrogens is 4. The molecule has 7 heteroatoms. The molecule has 1 aliphatic heterocycles. The van der Waals surface area contributed by atoms with Crippen molar-refractivity contribution in [3.8, 4) is 0 Å². The molecule has 132 valence electrons. The van der Waals surface area contributed by atoms with E-state index in [0.717, 1.165) is 36.5 Å². The van der Waals surface area contributed by atoms with Crippen LogP contribution < -0.4 is 0 Å². The maximum atomic E-state index is 12.6. The van der Waals surface area contributed by atoms with Crippen LogP contribution in [-0.4, -0.2) is 50.4 Å². The molecule has 1 amide bonds. The first kappa shape index (κ1) is 17.4. The second-order valence-electron chi connectivity index (χ2n) is 6.13. The average Bonchev–Trinajstić information content (AvgIpc) is 2.67. The highest BCUT2D eigenvalue weighted by Crippen LogP contribution is 2.28. The zero-order valence-electron chi connectivity index (χ0n) is 14.7. The Balaban J connectivity index is 1.79. The Bertz CT molecular complexity index is 723. The molecule has 25 heavy (non-hydrogen) atoms. The lowest BCUT2D eigenvalue weighted by Gasteiger charge is -2.32. The van der Waals surface area contributed by atoms with Crippen LogP contribution in [0.4, 0.5) is 0 Å². The van der Waals surface area contributed by atoms with Crippen LogP contribution in [-0.2, 0) is 11.3 Å². The maximum Gasteiger partial charge on any atom is 0.291 e. The summed E-state index contributed by atoms with van der Waals surface area (Å²) in [5, 5.41) is 0. The number of amides is 1. The zero-order chi connectivity index (χ0) is 17.6. The van der Waals surface area contributed by atoms with Gasteiger partial charge in [-0.15, -0.1) is 0 Å². The first-order valence-electron chi connectivity index (χ1n) is 8.65. The minimum atomic E-state index is -0.123. The highest BCUT2D eigenvalue weighted by Gasteiger charge is 2.29. The summed E-state index contributed by atoms with van der Waals surface area (Å²) < 4.78 is 5.55. The predicted octanol–water partition coefficient (Wildman–Crippen LogP) is 2.13. The van der Waals surface area contributed by atoms with Gasteiger partial charge in [-0.3, -0.25) is 4.79 Å². The molecule has 3 rings (SSSR count). The molecule has 1 unspecified atom stereocenters. The Morgan fingerprint density at radius 1 is 1.32 bits per heavy atom. The predicted molar refractivity (Wildman–Crippen MR) is 92.0 cm³/mol. The van der Waals surface area contributed by atoms with Crippen LogP contribution in [0.15, 0.2) is 24.7 Å². The van der Waals surface area contributed by atoms with Gasteiger partial charge in [0, 0.05) is 49.8 Å². The highest BCUT2D eigenvalue weighted by atomic mass is 16.5. The quantitative estimate of drug-likeness (QED) is 0.829. The van der Waals surface area contributed by atoms with Gasteiger partial charge in [0.15, 0.2) is 0 Å². The van der Waals surface area contributed by atoms with Gasteiger partial charge in [0.2, 0.25) is 5.82 Å². The van der Waals surface area contributed by atoms with Gasteiger partial charge in [-0.2, -0.15) is 0 Å². The fourth-order valence-electron chi connectivity index (χ4n) is 3.12. The number of hydrogen-bond acceptors (Lipinski definition) is 6. The second kappa shape index (κ2) is 8.11. The monoisotopic (exact) mass is 341 g/mol. The second-order valence-corrected chi connectivity index (χ2v) is 6.13. The van der Waals surface area contributed by atoms with Crippen molar-refractivity contribution in [3.63, 3.8) is 0 Å². The summed E-state index contributed by atoms with van der Waals surface area (Å²) in [6, 6.07) is 1.71. The van der Waals surface area contributed by atoms with Gasteiger partial charge in [0.1, 0.15) is 5.82 Å². The summed E-state index contributed by atoms with van der Waals surface area (Å²) in [5.41, 5.74) is 2.00. The normalized spacial score (nSPS) is 17.5. The van der Waals surface area contributed by atoms with E-state index in [-0.39, 0.29) is 17.6 Å². The first-order valence-corrected chi connectivity index (χ1v) is 8.65. The number of piperidine rings is 1. The SMILES string of the molecule is CCOCc1cnc(C)nc1C1CCCN(C(=O)c2ncccn2)C1. The molecule has 0 N–H and O–H groups in total. The standard InChI is InChI=1S/C18H23N5O2/c1-3-25-12-15-10-21-13(2)22-16(15)14-6-4-9-23(11-14)18(24)17-19-7-5-8-20-17/h5,7-8,10,14H,3-4,6,9,11-12H2,1-2H3. The van der Waals surface area contributed by atoms with Crippen LogP contribution in [0.5, 0.6) is 0 Å². The molecule has 2 aromatic heterocycles. The van der Waals surface area contributed by atoms with Crippen LogP contribution >= 0.6 is 0 Å². The molecule has 3 heterocycles. The molecule has 1 saturated heterocycles. The Morgan fingerprint density at radius 2 is 2.12 bits per heavy atom. The Morgan fingerprint density at radius 3 is 2.88 bits per heavy atom. The summed E-state index contributed by atoms with van der Waals surface area (Å²) in [7, 11) is 0. The average molecular weight is 341 g/mol. The summed E-state index contributed by atoms with van der Waals surface area (Å²) in [4.78, 5) is 31.6. The lowest BCUT2D eigenvalue weighted by Crippen LogP contribution is -2.40. The van der Waals surface area contributed by atoms with Crippen LogP contribution in [0.2, 0.25) is 0 Å². The third-order valence-corrected chi connectivity index (χ3v) is 4.33. The maximum absolute atomic E-state index is 12.6. The van der Waals surface area contributed by atoms with Gasteiger partial charge in [-0.05, 0) is 32.8 Å². The Labute approximate surface area is 147 Å². The van der Waals surface area contributed by atoms with Crippen molar-refractivity contribution < 1.29 is 9.53 Å². The molecular formula is C18H23N5O2. The first-order chi connectivity index (χ1) is 12.2. The smallest absolute Gasteiger partial charge is 0.291 e. The van der Waals surface area contributed by atoms with E-state index in [4.69, 9.17) is 4.74 Å². The third-order valence-electron chi connectivity index (χ3n) is 4.33. The number of hydrogen-bond donors (Lipinski definition) is 0.